The van der Waals surface area contributed by atoms with Gasteiger partial charge in [0.05, 0.1) is 0 Å². The van der Waals surface area contributed by atoms with Crippen molar-refractivity contribution in [1.29, 1.82) is 0 Å². The third kappa shape index (κ3) is 2.06. The highest BCUT2D eigenvalue weighted by atomic mass is 79.9. The predicted octanol–water partition coefficient (Wildman–Crippen LogP) is 2.31. The Hall–Kier alpha value is -0.870. The van der Waals surface area contributed by atoms with Crippen LogP contribution in [0.2, 0.25) is 0 Å². The predicted molar refractivity (Wildman–Crippen MR) is 62.8 cm³/mol. The van der Waals surface area contributed by atoms with Gasteiger partial charge in [-0.3, -0.25) is 4.90 Å². The first-order chi connectivity index (χ1) is 6.90. The molecule has 0 radical (unpaired) electrons. The monoisotopic (exact) mass is 271 g/mol. The molecule has 1 rings (SSSR count). The van der Waals surface area contributed by atoms with Crippen molar-refractivity contribution < 1.29 is 9.90 Å². The summed E-state index contributed by atoms with van der Waals surface area (Å²) in [5.41, 5.74) is -0.261. The standard InChI is InChI=1S/C11H14BrNO2/c1-11(10(14)15,13(2)3)8-6-4-5-7-9(8)12/h4-7H,1-3H3,(H,14,15). The lowest BCUT2D eigenvalue weighted by Crippen LogP contribution is -2.45. The first-order valence-corrected chi connectivity index (χ1v) is 5.36. The van der Waals surface area contributed by atoms with Crippen molar-refractivity contribution in [2.24, 2.45) is 0 Å². The number of hydrogen-bond donors (Lipinski definition) is 1. The van der Waals surface area contributed by atoms with Crippen LogP contribution < -0.4 is 0 Å². The molecule has 1 atom stereocenters. The molecule has 0 spiro atoms. The Balaban J connectivity index is 3.34. The second-order valence-corrected chi connectivity index (χ2v) is 4.61. The molecule has 0 saturated carbocycles. The Morgan fingerprint density at radius 3 is 2.33 bits per heavy atom. The van der Waals surface area contributed by atoms with Crippen LogP contribution in [0.3, 0.4) is 0 Å². The van der Waals surface area contributed by atoms with Gasteiger partial charge in [-0.25, -0.2) is 4.79 Å². The van der Waals surface area contributed by atoms with Gasteiger partial charge < -0.3 is 5.11 Å². The zero-order chi connectivity index (χ0) is 11.6. The lowest BCUT2D eigenvalue weighted by atomic mass is 9.91. The van der Waals surface area contributed by atoms with E-state index in [1.807, 2.05) is 24.3 Å². The molecule has 4 heteroatoms. The fourth-order valence-corrected chi connectivity index (χ4v) is 2.07. The molecule has 0 aliphatic heterocycles. The third-order valence-electron chi connectivity index (χ3n) is 2.71. The third-order valence-corrected chi connectivity index (χ3v) is 3.40. The lowest BCUT2D eigenvalue weighted by Gasteiger charge is -2.33. The van der Waals surface area contributed by atoms with Gasteiger partial charge in [0, 0.05) is 4.47 Å². The number of hydrogen-bond acceptors (Lipinski definition) is 2. The molecular formula is C11H14BrNO2. The van der Waals surface area contributed by atoms with Crippen LogP contribution in [0, 0.1) is 0 Å². The Morgan fingerprint density at radius 2 is 1.93 bits per heavy atom. The Bertz CT molecular complexity index is 379. The molecule has 0 amide bonds. The number of aliphatic carboxylic acids is 1. The van der Waals surface area contributed by atoms with E-state index in [9.17, 15) is 9.90 Å². The molecule has 1 N–H and O–H groups in total. The van der Waals surface area contributed by atoms with Crippen LogP contribution in [0.25, 0.3) is 0 Å². The highest BCUT2D eigenvalue weighted by Crippen LogP contribution is 2.32. The van der Waals surface area contributed by atoms with Crippen LogP contribution in [0.5, 0.6) is 0 Å². The van der Waals surface area contributed by atoms with Gasteiger partial charge in [0.1, 0.15) is 5.54 Å². The van der Waals surface area contributed by atoms with Crippen LogP contribution in [-0.2, 0) is 10.3 Å². The van der Waals surface area contributed by atoms with Crippen molar-refractivity contribution >= 4 is 21.9 Å². The summed E-state index contributed by atoms with van der Waals surface area (Å²) in [4.78, 5) is 13.0. The topological polar surface area (TPSA) is 40.5 Å². The van der Waals surface area contributed by atoms with E-state index >= 15 is 0 Å². The molecule has 1 aromatic rings. The minimum atomic E-state index is -1.01. The van der Waals surface area contributed by atoms with Crippen molar-refractivity contribution in [3.05, 3.63) is 34.3 Å². The number of benzene rings is 1. The van der Waals surface area contributed by atoms with Crippen LogP contribution >= 0.6 is 15.9 Å². The fraction of sp³-hybridized carbons (Fsp3) is 0.364. The molecule has 0 aliphatic rings. The molecule has 15 heavy (non-hydrogen) atoms. The normalized spacial score (nSPS) is 15.0. The minimum Gasteiger partial charge on any atom is -0.480 e. The van der Waals surface area contributed by atoms with Crippen LogP contribution in [0.1, 0.15) is 12.5 Å². The minimum absolute atomic E-state index is 0.752. The Labute approximate surface area is 97.8 Å². The number of likely N-dealkylation sites (N-methyl/N-ethyl adjacent to an activating group) is 1. The summed E-state index contributed by atoms with van der Waals surface area (Å²) in [6, 6.07) is 7.37. The number of carbonyl (C=O) groups is 1. The molecule has 0 aromatic heterocycles. The highest BCUT2D eigenvalue weighted by molar-refractivity contribution is 9.10. The van der Waals surface area contributed by atoms with E-state index in [0.29, 0.717) is 0 Å². The molecule has 1 unspecified atom stereocenters. The Kier molecular flexibility index (Phi) is 3.52. The van der Waals surface area contributed by atoms with E-state index in [2.05, 4.69) is 15.9 Å². The summed E-state index contributed by atoms with van der Waals surface area (Å²) >= 11 is 3.38. The van der Waals surface area contributed by atoms with E-state index in [0.717, 1.165) is 10.0 Å². The molecule has 82 valence electrons. The summed E-state index contributed by atoms with van der Waals surface area (Å²) in [6.45, 7) is 1.69. The van der Waals surface area contributed by atoms with Crippen molar-refractivity contribution in [1.82, 2.24) is 4.90 Å². The average Bonchev–Trinajstić information content (AvgIpc) is 2.16. The molecule has 0 bridgehead atoms. The number of carboxylic acids is 1. The van der Waals surface area contributed by atoms with E-state index in [1.54, 1.807) is 25.9 Å². The van der Waals surface area contributed by atoms with E-state index in [1.165, 1.54) is 0 Å². The summed E-state index contributed by atoms with van der Waals surface area (Å²) in [7, 11) is 3.51. The molecule has 0 saturated heterocycles. The fourth-order valence-electron chi connectivity index (χ4n) is 1.40. The maximum Gasteiger partial charge on any atom is 0.328 e. The number of rotatable bonds is 3. The first kappa shape index (κ1) is 12.2. The molecule has 0 aliphatic carbocycles. The van der Waals surface area contributed by atoms with Gasteiger partial charge in [0.25, 0.3) is 0 Å². The quantitative estimate of drug-likeness (QED) is 0.917. The molecule has 0 heterocycles. The van der Waals surface area contributed by atoms with Gasteiger partial charge in [0.15, 0.2) is 0 Å². The van der Waals surface area contributed by atoms with Crippen molar-refractivity contribution in [3.63, 3.8) is 0 Å². The highest BCUT2D eigenvalue weighted by Gasteiger charge is 2.38. The zero-order valence-corrected chi connectivity index (χ0v) is 10.6. The van der Waals surface area contributed by atoms with Gasteiger partial charge in [-0.2, -0.15) is 0 Å². The van der Waals surface area contributed by atoms with Crippen LogP contribution in [-0.4, -0.2) is 30.1 Å². The summed E-state index contributed by atoms with van der Waals surface area (Å²) in [5.74, 6) is -0.862. The van der Waals surface area contributed by atoms with Gasteiger partial charge in [-0.1, -0.05) is 34.1 Å². The molecule has 3 nitrogen and oxygen atoms in total. The van der Waals surface area contributed by atoms with E-state index in [-0.39, 0.29) is 0 Å². The zero-order valence-electron chi connectivity index (χ0n) is 8.99. The number of nitrogens with zero attached hydrogens (tertiary/aromatic N) is 1. The largest absolute Gasteiger partial charge is 0.480 e. The molecule has 0 fully saturated rings. The van der Waals surface area contributed by atoms with Crippen molar-refractivity contribution in [2.75, 3.05) is 14.1 Å². The van der Waals surface area contributed by atoms with Crippen LogP contribution in [0.15, 0.2) is 28.7 Å². The van der Waals surface area contributed by atoms with Crippen molar-refractivity contribution in [3.8, 4) is 0 Å². The average molecular weight is 272 g/mol. The van der Waals surface area contributed by atoms with Gasteiger partial charge in [-0.05, 0) is 32.6 Å². The second-order valence-electron chi connectivity index (χ2n) is 3.75. The second kappa shape index (κ2) is 4.33. The molecule has 1 aromatic carbocycles. The first-order valence-electron chi connectivity index (χ1n) is 4.56. The molecular weight excluding hydrogens is 258 g/mol. The van der Waals surface area contributed by atoms with Gasteiger partial charge in [0.2, 0.25) is 0 Å². The Morgan fingerprint density at radius 1 is 1.40 bits per heavy atom. The number of halogens is 1. The number of carboxylic acid groups (broad SMARTS) is 1. The maximum atomic E-state index is 11.4. The van der Waals surface area contributed by atoms with Crippen LogP contribution in [0.4, 0.5) is 0 Å². The van der Waals surface area contributed by atoms with E-state index < -0.39 is 11.5 Å². The lowest BCUT2D eigenvalue weighted by molar-refractivity contribution is -0.149. The smallest absolute Gasteiger partial charge is 0.328 e. The van der Waals surface area contributed by atoms with Gasteiger partial charge in [-0.15, -0.1) is 0 Å². The maximum absolute atomic E-state index is 11.4. The van der Waals surface area contributed by atoms with Crippen molar-refractivity contribution in [2.45, 2.75) is 12.5 Å². The SMILES string of the molecule is CN(C)C(C)(C(=O)O)c1ccccc1Br. The summed E-state index contributed by atoms with van der Waals surface area (Å²) < 4.78 is 0.809. The summed E-state index contributed by atoms with van der Waals surface area (Å²) in [5, 5.41) is 9.32. The van der Waals surface area contributed by atoms with Gasteiger partial charge >= 0.3 is 5.97 Å². The summed E-state index contributed by atoms with van der Waals surface area (Å²) in [6.07, 6.45) is 0. The van der Waals surface area contributed by atoms with E-state index in [4.69, 9.17) is 0 Å².